The molecule has 9 heteroatoms. The summed E-state index contributed by atoms with van der Waals surface area (Å²) in [6.07, 6.45) is -3.52. The molecule has 23 heavy (non-hydrogen) atoms. The summed E-state index contributed by atoms with van der Waals surface area (Å²) in [7, 11) is 0. The molecule has 0 aliphatic carbocycles. The lowest BCUT2D eigenvalue weighted by molar-refractivity contribution is -0.141. The highest BCUT2D eigenvalue weighted by Gasteiger charge is 2.32. The summed E-state index contributed by atoms with van der Waals surface area (Å²) in [5.74, 6) is -0.442. The molecule has 1 heterocycles. The molecule has 0 bridgehead atoms. The third kappa shape index (κ3) is 5.40. The van der Waals surface area contributed by atoms with Crippen molar-refractivity contribution in [2.75, 3.05) is 5.75 Å². The Hall–Kier alpha value is -1.80. The summed E-state index contributed by atoms with van der Waals surface area (Å²) in [6, 6.07) is 7.81. The molecule has 122 valence electrons. The highest BCUT2D eigenvalue weighted by Crippen LogP contribution is 2.28. The number of carbonyl (C=O) groups is 1. The molecule has 0 spiro atoms. The number of nitrogens with zero attached hydrogens (tertiary/aromatic N) is 2. The van der Waals surface area contributed by atoms with Crippen molar-refractivity contribution in [1.82, 2.24) is 15.3 Å². The number of rotatable bonds is 5. The van der Waals surface area contributed by atoms with Crippen molar-refractivity contribution in [3.63, 3.8) is 0 Å². The molecule has 1 N–H and O–H groups in total. The SMILES string of the molecule is O=C(CSc1nccc(C(F)(F)F)n1)NCc1ccccc1Cl. The van der Waals surface area contributed by atoms with Gasteiger partial charge in [-0.05, 0) is 17.7 Å². The molecule has 0 saturated carbocycles. The van der Waals surface area contributed by atoms with Gasteiger partial charge in [0.2, 0.25) is 5.91 Å². The fraction of sp³-hybridized carbons (Fsp3) is 0.214. The third-order valence-corrected chi connectivity index (χ3v) is 3.92. The molecule has 0 aliphatic rings. The quantitative estimate of drug-likeness (QED) is 0.653. The summed E-state index contributed by atoms with van der Waals surface area (Å²) >= 11 is 6.79. The molecule has 1 aromatic carbocycles. The zero-order valence-electron chi connectivity index (χ0n) is 11.6. The van der Waals surface area contributed by atoms with E-state index in [2.05, 4.69) is 15.3 Å². The molecule has 4 nitrogen and oxygen atoms in total. The standard InChI is InChI=1S/C14H11ClF3N3OS/c15-10-4-2-1-3-9(10)7-20-12(22)8-23-13-19-6-5-11(21-13)14(16,17)18/h1-6H,7-8H2,(H,20,22). The van der Waals surface area contributed by atoms with Gasteiger partial charge in [-0.2, -0.15) is 13.2 Å². The van der Waals surface area contributed by atoms with E-state index in [0.717, 1.165) is 29.6 Å². The van der Waals surface area contributed by atoms with E-state index in [4.69, 9.17) is 11.6 Å². The number of amides is 1. The van der Waals surface area contributed by atoms with Gasteiger partial charge in [-0.15, -0.1) is 0 Å². The Balaban J connectivity index is 1.86. The number of hydrogen-bond donors (Lipinski definition) is 1. The van der Waals surface area contributed by atoms with E-state index in [1.165, 1.54) is 0 Å². The lowest BCUT2D eigenvalue weighted by atomic mass is 10.2. The van der Waals surface area contributed by atoms with Gasteiger partial charge in [0.1, 0.15) is 5.69 Å². The summed E-state index contributed by atoms with van der Waals surface area (Å²) in [5, 5.41) is 3.06. The first kappa shape index (κ1) is 17.6. The first-order chi connectivity index (χ1) is 10.9. The maximum Gasteiger partial charge on any atom is 0.433 e. The van der Waals surface area contributed by atoms with E-state index in [1.807, 2.05) is 0 Å². The number of thioether (sulfide) groups is 1. The minimum atomic E-state index is -4.54. The van der Waals surface area contributed by atoms with Gasteiger partial charge in [0.15, 0.2) is 5.16 Å². The topological polar surface area (TPSA) is 54.9 Å². The maximum atomic E-state index is 12.5. The minimum absolute atomic E-state index is 0.0915. The lowest BCUT2D eigenvalue weighted by Crippen LogP contribution is -2.24. The highest BCUT2D eigenvalue weighted by molar-refractivity contribution is 7.99. The number of carbonyl (C=O) groups excluding carboxylic acids is 1. The Morgan fingerprint density at radius 2 is 2.00 bits per heavy atom. The van der Waals surface area contributed by atoms with E-state index >= 15 is 0 Å². The van der Waals surface area contributed by atoms with Crippen molar-refractivity contribution in [3.05, 3.63) is 52.8 Å². The predicted octanol–water partition coefficient (Wildman–Crippen LogP) is 3.56. The van der Waals surface area contributed by atoms with E-state index < -0.39 is 11.9 Å². The molecule has 2 rings (SSSR count). The molecule has 1 aromatic heterocycles. The first-order valence-electron chi connectivity index (χ1n) is 6.39. The summed E-state index contributed by atoms with van der Waals surface area (Å²) < 4.78 is 37.6. The Bertz CT molecular complexity index is 697. The van der Waals surface area contributed by atoms with Gasteiger partial charge >= 0.3 is 6.18 Å². The van der Waals surface area contributed by atoms with Gasteiger partial charge in [-0.1, -0.05) is 41.6 Å². The molecule has 0 atom stereocenters. The third-order valence-electron chi connectivity index (χ3n) is 2.69. The van der Waals surface area contributed by atoms with Crippen molar-refractivity contribution in [2.45, 2.75) is 17.9 Å². The van der Waals surface area contributed by atoms with Crippen molar-refractivity contribution in [1.29, 1.82) is 0 Å². The second-order valence-electron chi connectivity index (χ2n) is 4.38. The zero-order valence-corrected chi connectivity index (χ0v) is 13.2. The zero-order chi connectivity index (χ0) is 16.9. The van der Waals surface area contributed by atoms with Gasteiger partial charge in [0.25, 0.3) is 0 Å². The average molecular weight is 362 g/mol. The fourth-order valence-electron chi connectivity index (χ4n) is 1.58. The van der Waals surface area contributed by atoms with E-state index in [1.54, 1.807) is 24.3 Å². The molecule has 0 unspecified atom stereocenters. The molecule has 0 radical (unpaired) electrons. The van der Waals surface area contributed by atoms with Crippen molar-refractivity contribution in [2.24, 2.45) is 0 Å². The van der Waals surface area contributed by atoms with E-state index in [-0.39, 0.29) is 23.4 Å². The number of hydrogen-bond acceptors (Lipinski definition) is 4. The highest BCUT2D eigenvalue weighted by atomic mass is 35.5. The monoisotopic (exact) mass is 361 g/mol. The molecular weight excluding hydrogens is 351 g/mol. The van der Waals surface area contributed by atoms with E-state index in [0.29, 0.717) is 5.02 Å². The van der Waals surface area contributed by atoms with Crippen LogP contribution in [-0.4, -0.2) is 21.6 Å². The van der Waals surface area contributed by atoms with Crippen molar-refractivity contribution < 1.29 is 18.0 Å². The number of nitrogens with one attached hydrogen (secondary N) is 1. The number of aromatic nitrogens is 2. The Kier molecular flexibility index (Phi) is 5.84. The summed E-state index contributed by atoms with van der Waals surface area (Å²) in [4.78, 5) is 18.8. The largest absolute Gasteiger partial charge is 0.433 e. The normalized spacial score (nSPS) is 11.3. The van der Waals surface area contributed by atoms with Gasteiger partial charge in [0.05, 0.1) is 5.75 Å². The molecule has 0 saturated heterocycles. The van der Waals surface area contributed by atoms with Gasteiger partial charge in [-0.3, -0.25) is 4.79 Å². The smallest absolute Gasteiger partial charge is 0.351 e. The van der Waals surface area contributed by atoms with Crippen molar-refractivity contribution >= 4 is 29.3 Å². The van der Waals surface area contributed by atoms with E-state index in [9.17, 15) is 18.0 Å². The average Bonchev–Trinajstić information content (AvgIpc) is 2.51. The number of halogens is 4. The van der Waals surface area contributed by atoms with Crippen LogP contribution in [0.25, 0.3) is 0 Å². The van der Waals surface area contributed by atoms with Crippen LogP contribution in [0.3, 0.4) is 0 Å². The van der Waals surface area contributed by atoms with Gasteiger partial charge in [-0.25, -0.2) is 9.97 Å². The molecule has 2 aromatic rings. The number of benzene rings is 1. The van der Waals surface area contributed by atoms with Gasteiger partial charge in [0, 0.05) is 17.8 Å². The van der Waals surface area contributed by atoms with Crippen LogP contribution in [-0.2, 0) is 17.5 Å². The van der Waals surface area contributed by atoms with Crippen LogP contribution in [0.2, 0.25) is 5.02 Å². The van der Waals surface area contributed by atoms with Crippen molar-refractivity contribution in [3.8, 4) is 0 Å². The summed E-state index contributed by atoms with van der Waals surface area (Å²) in [5.41, 5.74) is -0.283. The van der Waals surface area contributed by atoms with Crippen LogP contribution >= 0.6 is 23.4 Å². The minimum Gasteiger partial charge on any atom is -0.351 e. The Labute approximate surface area is 139 Å². The predicted molar refractivity (Wildman–Crippen MR) is 81.1 cm³/mol. The van der Waals surface area contributed by atoms with Crippen LogP contribution in [0.4, 0.5) is 13.2 Å². The van der Waals surface area contributed by atoms with Crippen LogP contribution in [0.15, 0.2) is 41.7 Å². The molecular formula is C14H11ClF3N3OS. The van der Waals surface area contributed by atoms with Crippen LogP contribution in [0.1, 0.15) is 11.3 Å². The first-order valence-corrected chi connectivity index (χ1v) is 7.76. The Morgan fingerprint density at radius 1 is 1.26 bits per heavy atom. The molecule has 0 aliphatic heterocycles. The van der Waals surface area contributed by atoms with Crippen LogP contribution < -0.4 is 5.32 Å². The second kappa shape index (κ2) is 7.65. The van der Waals surface area contributed by atoms with Crippen LogP contribution in [0.5, 0.6) is 0 Å². The Morgan fingerprint density at radius 3 is 2.70 bits per heavy atom. The molecule has 0 fully saturated rings. The lowest BCUT2D eigenvalue weighted by Gasteiger charge is -2.08. The second-order valence-corrected chi connectivity index (χ2v) is 5.73. The summed E-state index contributed by atoms with van der Waals surface area (Å²) in [6.45, 7) is 0.239. The maximum absolute atomic E-state index is 12.5. The number of alkyl halides is 3. The van der Waals surface area contributed by atoms with Crippen LogP contribution in [0, 0.1) is 0 Å². The fourth-order valence-corrected chi connectivity index (χ4v) is 2.45. The van der Waals surface area contributed by atoms with Gasteiger partial charge < -0.3 is 5.32 Å². The molecule has 1 amide bonds.